The highest BCUT2D eigenvalue weighted by atomic mass is 35.5. The average molecular weight is 384 g/mol. The molecule has 5 nitrogen and oxygen atoms in total. The fourth-order valence-corrected chi connectivity index (χ4v) is 2.48. The van der Waals surface area contributed by atoms with E-state index in [1.165, 1.54) is 12.1 Å². The van der Waals surface area contributed by atoms with Gasteiger partial charge in [-0.2, -0.15) is 0 Å². The number of aliphatic hydroxyl groups is 1. The molecule has 0 saturated carbocycles. The smallest absolute Gasteiger partial charge is 0.163 e. The number of ether oxygens (including phenoxy) is 3. The van der Waals surface area contributed by atoms with Crippen LogP contribution in [0.25, 0.3) is 0 Å². The number of hydrogen-bond acceptors (Lipinski definition) is 5. The Morgan fingerprint density at radius 3 is 2.58 bits per heavy atom. The lowest BCUT2D eigenvalue weighted by Gasteiger charge is -2.14. The number of halogens is 2. The van der Waals surface area contributed by atoms with E-state index in [-0.39, 0.29) is 19.0 Å². The van der Waals surface area contributed by atoms with Crippen molar-refractivity contribution < 1.29 is 23.7 Å². The predicted octanol–water partition coefficient (Wildman–Crippen LogP) is 3.17. The van der Waals surface area contributed by atoms with Crippen LogP contribution in [-0.4, -0.2) is 38.6 Å². The number of benzene rings is 2. The van der Waals surface area contributed by atoms with Gasteiger partial charge in [0.1, 0.15) is 12.4 Å². The number of methoxy groups -OCH3 is 1. The van der Waals surface area contributed by atoms with Gasteiger partial charge in [-0.1, -0.05) is 23.7 Å². The summed E-state index contributed by atoms with van der Waals surface area (Å²) in [6.07, 6.45) is 0. The first-order valence-corrected chi connectivity index (χ1v) is 8.64. The molecule has 7 heteroatoms. The summed E-state index contributed by atoms with van der Waals surface area (Å²) in [6.45, 7) is 2.33. The number of nitrogens with one attached hydrogen (secondary N) is 1. The molecule has 0 fully saturated rings. The first-order chi connectivity index (χ1) is 12.6. The standard InChI is InChI=1S/C19H23ClFNO4/c1-24-18-10-15(12-22-6-8-25-9-7-23)17(20)11-19(18)26-13-14-2-4-16(21)5-3-14/h2-5,10-11,22-23H,6-9,12-13H2,1H3. The van der Waals surface area contributed by atoms with Gasteiger partial charge >= 0.3 is 0 Å². The third-order valence-corrected chi connectivity index (χ3v) is 3.97. The van der Waals surface area contributed by atoms with Gasteiger partial charge in [-0.15, -0.1) is 0 Å². The molecule has 0 radical (unpaired) electrons. The maximum atomic E-state index is 13.0. The van der Waals surface area contributed by atoms with Crippen LogP contribution in [0.15, 0.2) is 36.4 Å². The van der Waals surface area contributed by atoms with Crippen molar-refractivity contribution in [3.63, 3.8) is 0 Å². The van der Waals surface area contributed by atoms with Crippen molar-refractivity contribution in [3.8, 4) is 11.5 Å². The van der Waals surface area contributed by atoms with Gasteiger partial charge in [0.05, 0.1) is 26.9 Å². The maximum Gasteiger partial charge on any atom is 0.163 e. The van der Waals surface area contributed by atoms with Crippen LogP contribution in [0.3, 0.4) is 0 Å². The molecule has 0 amide bonds. The molecule has 0 heterocycles. The molecule has 2 aromatic carbocycles. The minimum atomic E-state index is -0.284. The summed E-state index contributed by atoms with van der Waals surface area (Å²) in [5.41, 5.74) is 1.72. The summed E-state index contributed by atoms with van der Waals surface area (Å²) in [5.74, 6) is 0.815. The molecule has 0 aliphatic heterocycles. The molecule has 0 aliphatic carbocycles. The quantitative estimate of drug-likeness (QED) is 0.584. The van der Waals surface area contributed by atoms with Crippen LogP contribution in [-0.2, 0) is 17.9 Å². The summed E-state index contributed by atoms with van der Waals surface area (Å²) in [6, 6.07) is 9.65. The summed E-state index contributed by atoms with van der Waals surface area (Å²) in [7, 11) is 1.56. The van der Waals surface area contributed by atoms with Crippen LogP contribution in [0.2, 0.25) is 5.02 Å². The lowest BCUT2D eigenvalue weighted by Crippen LogP contribution is -2.20. The van der Waals surface area contributed by atoms with E-state index < -0.39 is 0 Å². The van der Waals surface area contributed by atoms with Crippen molar-refractivity contribution in [1.29, 1.82) is 0 Å². The lowest BCUT2D eigenvalue weighted by molar-refractivity contribution is 0.0938. The predicted molar refractivity (Wildman–Crippen MR) is 98.3 cm³/mol. The zero-order valence-corrected chi connectivity index (χ0v) is 15.4. The van der Waals surface area contributed by atoms with Gasteiger partial charge in [0.25, 0.3) is 0 Å². The number of aliphatic hydroxyl groups excluding tert-OH is 1. The van der Waals surface area contributed by atoms with E-state index in [1.807, 2.05) is 6.07 Å². The summed E-state index contributed by atoms with van der Waals surface area (Å²) in [5, 5.41) is 12.4. The van der Waals surface area contributed by atoms with Crippen molar-refractivity contribution in [2.45, 2.75) is 13.2 Å². The summed E-state index contributed by atoms with van der Waals surface area (Å²) < 4.78 is 29.3. The Hall–Kier alpha value is -1.86. The Balaban J connectivity index is 1.93. The molecule has 2 N–H and O–H groups in total. The molecule has 2 rings (SSSR count). The van der Waals surface area contributed by atoms with E-state index in [9.17, 15) is 4.39 Å². The van der Waals surface area contributed by atoms with Crippen LogP contribution in [0.1, 0.15) is 11.1 Å². The van der Waals surface area contributed by atoms with Crippen LogP contribution < -0.4 is 14.8 Å². The van der Waals surface area contributed by atoms with E-state index >= 15 is 0 Å². The van der Waals surface area contributed by atoms with Gasteiger partial charge in [0, 0.05) is 24.2 Å². The van der Waals surface area contributed by atoms with Gasteiger partial charge in [0.15, 0.2) is 11.5 Å². The molecule has 0 atom stereocenters. The second-order valence-corrected chi connectivity index (χ2v) is 5.93. The fourth-order valence-electron chi connectivity index (χ4n) is 2.26. The van der Waals surface area contributed by atoms with Crippen molar-refractivity contribution >= 4 is 11.6 Å². The topological polar surface area (TPSA) is 60.0 Å². The van der Waals surface area contributed by atoms with Crippen molar-refractivity contribution in [1.82, 2.24) is 5.32 Å². The monoisotopic (exact) mass is 383 g/mol. The van der Waals surface area contributed by atoms with Crippen LogP contribution in [0.4, 0.5) is 4.39 Å². The summed E-state index contributed by atoms with van der Waals surface area (Å²) in [4.78, 5) is 0. The maximum absolute atomic E-state index is 13.0. The molecule has 0 aliphatic rings. The van der Waals surface area contributed by atoms with Gasteiger partial charge in [0.2, 0.25) is 0 Å². The van der Waals surface area contributed by atoms with Gasteiger partial charge in [-0.05, 0) is 29.3 Å². The molecule has 0 spiro atoms. The Morgan fingerprint density at radius 1 is 1.12 bits per heavy atom. The molecule has 0 saturated heterocycles. The minimum Gasteiger partial charge on any atom is -0.493 e. The molecule has 26 heavy (non-hydrogen) atoms. The first-order valence-electron chi connectivity index (χ1n) is 8.27. The van der Waals surface area contributed by atoms with Crippen LogP contribution in [0, 0.1) is 5.82 Å². The normalized spacial score (nSPS) is 10.8. The van der Waals surface area contributed by atoms with E-state index in [1.54, 1.807) is 25.3 Å². The SMILES string of the molecule is COc1cc(CNCCOCCO)c(Cl)cc1OCc1ccc(F)cc1. The zero-order valence-electron chi connectivity index (χ0n) is 14.6. The van der Waals surface area contributed by atoms with Crippen molar-refractivity contribution in [2.75, 3.05) is 33.5 Å². The largest absolute Gasteiger partial charge is 0.493 e. The molecule has 142 valence electrons. The third-order valence-electron chi connectivity index (χ3n) is 3.61. The lowest BCUT2D eigenvalue weighted by atomic mass is 10.2. The average Bonchev–Trinajstić information content (AvgIpc) is 2.65. The van der Waals surface area contributed by atoms with E-state index in [0.717, 1.165) is 11.1 Å². The number of hydrogen-bond donors (Lipinski definition) is 2. The van der Waals surface area contributed by atoms with Gasteiger partial charge < -0.3 is 24.6 Å². The highest BCUT2D eigenvalue weighted by Crippen LogP contribution is 2.33. The highest BCUT2D eigenvalue weighted by Gasteiger charge is 2.11. The fraction of sp³-hybridized carbons (Fsp3) is 0.368. The Morgan fingerprint density at radius 2 is 1.88 bits per heavy atom. The first kappa shape index (κ1) is 20.5. The molecular formula is C19H23ClFNO4. The second kappa shape index (κ2) is 11.0. The van der Waals surface area contributed by atoms with E-state index in [2.05, 4.69) is 5.32 Å². The van der Waals surface area contributed by atoms with E-state index in [4.69, 9.17) is 30.9 Å². The van der Waals surface area contributed by atoms with Crippen LogP contribution in [0.5, 0.6) is 11.5 Å². The molecule has 0 aromatic heterocycles. The van der Waals surface area contributed by atoms with Gasteiger partial charge in [-0.25, -0.2) is 4.39 Å². The molecular weight excluding hydrogens is 361 g/mol. The minimum absolute atomic E-state index is 0.0163. The zero-order chi connectivity index (χ0) is 18.8. The summed E-state index contributed by atoms with van der Waals surface area (Å²) >= 11 is 6.33. The Kier molecular flexibility index (Phi) is 8.64. The Labute approximate surface area is 157 Å². The third kappa shape index (κ3) is 6.46. The Bertz CT molecular complexity index is 682. The van der Waals surface area contributed by atoms with Crippen molar-refractivity contribution in [2.24, 2.45) is 0 Å². The van der Waals surface area contributed by atoms with E-state index in [0.29, 0.717) is 42.8 Å². The molecule has 0 unspecified atom stereocenters. The van der Waals surface area contributed by atoms with Gasteiger partial charge in [-0.3, -0.25) is 0 Å². The molecule has 0 bridgehead atoms. The van der Waals surface area contributed by atoms with Crippen LogP contribution >= 0.6 is 11.6 Å². The number of rotatable bonds is 11. The van der Waals surface area contributed by atoms with Crippen molar-refractivity contribution in [3.05, 3.63) is 58.4 Å². The second-order valence-electron chi connectivity index (χ2n) is 5.52. The highest BCUT2D eigenvalue weighted by molar-refractivity contribution is 6.31. The molecule has 2 aromatic rings.